The first-order valence-corrected chi connectivity index (χ1v) is 7.11. The van der Waals surface area contributed by atoms with Crippen LogP contribution in [0.3, 0.4) is 0 Å². The second-order valence-corrected chi connectivity index (χ2v) is 5.09. The number of amides is 1. The normalized spacial score (nSPS) is 11.3. The van der Waals surface area contributed by atoms with Gasteiger partial charge in [-0.3, -0.25) is 4.79 Å². The number of nitrogens with zero attached hydrogens (tertiary/aromatic N) is 1. The molecule has 0 heterocycles. The number of rotatable bonds is 7. The minimum absolute atomic E-state index is 0.0639. The molecule has 0 aliphatic carbocycles. The number of halogens is 1. The summed E-state index contributed by atoms with van der Waals surface area (Å²) in [4.78, 5) is 11.6. The molecule has 0 aliphatic heterocycles. The van der Waals surface area contributed by atoms with Crippen molar-refractivity contribution in [3.8, 4) is 5.75 Å². The number of carbonyl (C=O) groups is 1. The first-order valence-electron chi connectivity index (χ1n) is 6.74. The summed E-state index contributed by atoms with van der Waals surface area (Å²) >= 11 is 5.92. The van der Waals surface area contributed by atoms with Crippen molar-refractivity contribution in [3.05, 3.63) is 28.8 Å². The summed E-state index contributed by atoms with van der Waals surface area (Å²) in [7, 11) is 0. The van der Waals surface area contributed by atoms with E-state index in [2.05, 4.69) is 17.5 Å². The molecule has 1 aromatic rings. The van der Waals surface area contributed by atoms with Gasteiger partial charge in [0.2, 0.25) is 0 Å². The average Bonchev–Trinajstić information content (AvgIpc) is 2.44. The minimum Gasteiger partial charge on any atom is -0.484 e. The van der Waals surface area contributed by atoms with Gasteiger partial charge in [-0.15, -0.1) is 0 Å². The highest BCUT2D eigenvalue weighted by Crippen LogP contribution is 2.20. The Kier molecular flexibility index (Phi) is 7.09. The SMILES string of the molecule is CCCC/C(C)=N\NC(=O)COc1ccc(Cl)c(C)c1. The smallest absolute Gasteiger partial charge is 0.277 e. The number of hydrogen-bond donors (Lipinski definition) is 1. The largest absolute Gasteiger partial charge is 0.484 e. The van der Waals surface area contributed by atoms with Crippen LogP contribution in [0.4, 0.5) is 0 Å². The topological polar surface area (TPSA) is 50.7 Å². The Morgan fingerprint density at radius 3 is 2.85 bits per heavy atom. The molecule has 0 fully saturated rings. The van der Waals surface area contributed by atoms with Crippen LogP contribution in [0.5, 0.6) is 5.75 Å². The van der Waals surface area contributed by atoms with Gasteiger partial charge in [-0.2, -0.15) is 5.10 Å². The number of carbonyl (C=O) groups excluding carboxylic acids is 1. The van der Waals surface area contributed by atoms with Crippen molar-refractivity contribution in [1.29, 1.82) is 0 Å². The van der Waals surface area contributed by atoms with Crippen LogP contribution >= 0.6 is 11.6 Å². The van der Waals surface area contributed by atoms with Crippen molar-refractivity contribution < 1.29 is 9.53 Å². The third-order valence-electron chi connectivity index (χ3n) is 2.76. The van der Waals surface area contributed by atoms with Gasteiger partial charge in [-0.25, -0.2) is 5.43 Å². The zero-order valence-electron chi connectivity index (χ0n) is 12.2. The lowest BCUT2D eigenvalue weighted by Gasteiger charge is -2.07. The maximum Gasteiger partial charge on any atom is 0.277 e. The molecule has 0 bridgehead atoms. The predicted molar refractivity (Wildman–Crippen MR) is 82.5 cm³/mol. The molecule has 0 radical (unpaired) electrons. The van der Waals surface area contributed by atoms with Gasteiger partial charge in [-0.1, -0.05) is 24.9 Å². The standard InChI is InChI=1S/C15H21ClN2O2/c1-4-5-6-12(3)17-18-15(19)10-20-13-7-8-14(16)11(2)9-13/h7-9H,4-6,10H2,1-3H3,(H,18,19)/b17-12-. The third kappa shape index (κ3) is 6.06. The first kappa shape index (κ1) is 16.5. The molecular formula is C15H21ClN2O2. The molecule has 0 unspecified atom stereocenters. The lowest BCUT2D eigenvalue weighted by Crippen LogP contribution is -2.25. The van der Waals surface area contributed by atoms with E-state index < -0.39 is 0 Å². The number of hydrazone groups is 1. The lowest BCUT2D eigenvalue weighted by molar-refractivity contribution is -0.123. The highest BCUT2D eigenvalue weighted by Gasteiger charge is 2.03. The summed E-state index contributed by atoms with van der Waals surface area (Å²) in [6.07, 6.45) is 3.08. The molecular weight excluding hydrogens is 276 g/mol. The van der Waals surface area contributed by atoms with Crippen LogP contribution in [0.15, 0.2) is 23.3 Å². The fourth-order valence-corrected chi connectivity index (χ4v) is 1.65. The van der Waals surface area contributed by atoms with E-state index >= 15 is 0 Å². The van der Waals surface area contributed by atoms with Crippen molar-refractivity contribution in [2.45, 2.75) is 40.0 Å². The maximum atomic E-state index is 11.6. The Bertz CT molecular complexity index is 487. The summed E-state index contributed by atoms with van der Waals surface area (Å²) in [6.45, 7) is 5.84. The van der Waals surface area contributed by atoms with Crippen molar-refractivity contribution in [3.63, 3.8) is 0 Å². The van der Waals surface area contributed by atoms with Gasteiger partial charge < -0.3 is 4.74 Å². The molecule has 0 atom stereocenters. The molecule has 1 amide bonds. The Hall–Kier alpha value is -1.55. The second-order valence-electron chi connectivity index (χ2n) is 4.69. The van der Waals surface area contributed by atoms with Crippen LogP contribution in [0.2, 0.25) is 5.02 Å². The highest BCUT2D eigenvalue weighted by molar-refractivity contribution is 6.31. The molecule has 4 nitrogen and oxygen atoms in total. The second kappa shape index (κ2) is 8.59. The van der Waals surface area contributed by atoms with Gasteiger partial charge in [0.05, 0.1) is 0 Å². The van der Waals surface area contributed by atoms with Crippen LogP contribution in [0.25, 0.3) is 0 Å². The fourth-order valence-electron chi connectivity index (χ4n) is 1.53. The molecule has 0 saturated heterocycles. The molecule has 1 N–H and O–H groups in total. The molecule has 1 aromatic carbocycles. The molecule has 0 saturated carbocycles. The Morgan fingerprint density at radius 1 is 1.45 bits per heavy atom. The van der Waals surface area contributed by atoms with Crippen molar-refractivity contribution in [2.24, 2.45) is 5.10 Å². The van der Waals surface area contributed by atoms with E-state index in [-0.39, 0.29) is 12.5 Å². The number of benzene rings is 1. The number of unbranched alkanes of at least 4 members (excludes halogenated alkanes) is 1. The van der Waals surface area contributed by atoms with Gasteiger partial charge in [-0.05, 0) is 50.5 Å². The zero-order valence-corrected chi connectivity index (χ0v) is 13.0. The summed E-state index contributed by atoms with van der Waals surface area (Å²) in [5, 5.41) is 4.70. The molecule has 20 heavy (non-hydrogen) atoms. The fraction of sp³-hybridized carbons (Fsp3) is 0.467. The molecule has 0 spiro atoms. The summed E-state index contributed by atoms with van der Waals surface area (Å²) in [5.41, 5.74) is 4.32. The van der Waals surface area contributed by atoms with Crippen molar-refractivity contribution in [1.82, 2.24) is 5.43 Å². The molecule has 110 valence electrons. The van der Waals surface area contributed by atoms with E-state index in [0.717, 1.165) is 30.5 Å². The predicted octanol–water partition coefficient (Wildman–Crippen LogP) is 3.71. The van der Waals surface area contributed by atoms with E-state index in [0.29, 0.717) is 10.8 Å². The Labute approximate surface area is 125 Å². The summed E-state index contributed by atoms with van der Waals surface area (Å²) < 4.78 is 5.38. The van der Waals surface area contributed by atoms with Crippen LogP contribution < -0.4 is 10.2 Å². The van der Waals surface area contributed by atoms with E-state index in [1.54, 1.807) is 18.2 Å². The van der Waals surface area contributed by atoms with Gasteiger partial charge >= 0.3 is 0 Å². The van der Waals surface area contributed by atoms with Gasteiger partial charge in [0, 0.05) is 10.7 Å². The quantitative estimate of drug-likeness (QED) is 0.616. The Morgan fingerprint density at radius 2 is 2.20 bits per heavy atom. The molecule has 5 heteroatoms. The molecule has 1 rings (SSSR count). The van der Waals surface area contributed by atoms with Crippen LogP contribution in [0, 0.1) is 6.92 Å². The zero-order chi connectivity index (χ0) is 15.0. The van der Waals surface area contributed by atoms with Gasteiger partial charge in [0.15, 0.2) is 6.61 Å². The lowest BCUT2D eigenvalue weighted by atomic mass is 10.2. The highest BCUT2D eigenvalue weighted by atomic mass is 35.5. The number of aryl methyl sites for hydroxylation is 1. The molecule has 0 aliphatic rings. The van der Waals surface area contributed by atoms with Crippen LogP contribution in [-0.4, -0.2) is 18.2 Å². The first-order chi connectivity index (χ1) is 9.52. The number of nitrogens with one attached hydrogen (secondary N) is 1. The van der Waals surface area contributed by atoms with E-state index in [9.17, 15) is 4.79 Å². The van der Waals surface area contributed by atoms with E-state index in [4.69, 9.17) is 16.3 Å². The van der Waals surface area contributed by atoms with Gasteiger partial charge in [0.1, 0.15) is 5.75 Å². The Balaban J connectivity index is 2.37. The minimum atomic E-state index is -0.270. The summed E-state index contributed by atoms with van der Waals surface area (Å²) in [6, 6.07) is 5.28. The van der Waals surface area contributed by atoms with Crippen LogP contribution in [-0.2, 0) is 4.79 Å². The third-order valence-corrected chi connectivity index (χ3v) is 3.19. The van der Waals surface area contributed by atoms with Gasteiger partial charge in [0.25, 0.3) is 5.91 Å². The average molecular weight is 297 g/mol. The van der Waals surface area contributed by atoms with Crippen molar-refractivity contribution >= 4 is 23.2 Å². The number of hydrogen-bond acceptors (Lipinski definition) is 3. The van der Waals surface area contributed by atoms with E-state index in [1.807, 2.05) is 13.8 Å². The number of ether oxygens (including phenoxy) is 1. The molecule has 0 aromatic heterocycles. The maximum absolute atomic E-state index is 11.6. The van der Waals surface area contributed by atoms with Crippen molar-refractivity contribution in [2.75, 3.05) is 6.61 Å². The van der Waals surface area contributed by atoms with Crippen LogP contribution in [0.1, 0.15) is 38.7 Å². The van der Waals surface area contributed by atoms with E-state index in [1.165, 1.54) is 0 Å². The monoisotopic (exact) mass is 296 g/mol. The summed E-state index contributed by atoms with van der Waals surface area (Å²) in [5.74, 6) is 0.349.